The SMILES string of the molecule is CCc1cc(=O)[nH]c2cc(NC(=O)CC(C)C)ccc12. The number of H-pyrrole nitrogens is 1. The maximum Gasteiger partial charge on any atom is 0.248 e. The highest BCUT2D eigenvalue weighted by atomic mass is 16.1. The molecule has 20 heavy (non-hydrogen) atoms. The summed E-state index contributed by atoms with van der Waals surface area (Å²) in [4.78, 5) is 26.2. The van der Waals surface area contributed by atoms with Crippen LogP contribution in [0.25, 0.3) is 10.9 Å². The van der Waals surface area contributed by atoms with Gasteiger partial charge in [0.1, 0.15) is 0 Å². The molecule has 106 valence electrons. The van der Waals surface area contributed by atoms with E-state index in [1.54, 1.807) is 6.07 Å². The third kappa shape index (κ3) is 3.26. The molecule has 1 heterocycles. The normalized spacial score (nSPS) is 11.0. The number of anilines is 1. The summed E-state index contributed by atoms with van der Waals surface area (Å²) in [5, 5.41) is 3.88. The zero-order valence-corrected chi connectivity index (χ0v) is 12.1. The minimum Gasteiger partial charge on any atom is -0.326 e. The van der Waals surface area contributed by atoms with Gasteiger partial charge in [0, 0.05) is 23.6 Å². The maximum absolute atomic E-state index is 11.8. The van der Waals surface area contributed by atoms with Gasteiger partial charge in [-0.05, 0) is 30.0 Å². The average molecular weight is 272 g/mol. The Morgan fingerprint density at radius 3 is 2.70 bits per heavy atom. The molecule has 0 spiro atoms. The van der Waals surface area contributed by atoms with Crippen molar-refractivity contribution in [2.75, 3.05) is 5.32 Å². The van der Waals surface area contributed by atoms with Crippen LogP contribution in [0.5, 0.6) is 0 Å². The Bertz CT molecular complexity index is 686. The molecule has 1 amide bonds. The van der Waals surface area contributed by atoms with E-state index in [0.29, 0.717) is 18.0 Å². The molecule has 0 aliphatic heterocycles. The standard InChI is InChI=1S/C16H20N2O2/c1-4-11-8-16(20)18-14-9-12(5-6-13(11)14)17-15(19)7-10(2)3/h5-6,8-10H,4,7H2,1-3H3,(H,17,19)(H,18,20). The number of aromatic amines is 1. The minimum atomic E-state index is -0.111. The van der Waals surface area contributed by atoms with E-state index in [1.165, 1.54) is 0 Å². The Balaban J connectivity index is 2.34. The van der Waals surface area contributed by atoms with Crippen molar-refractivity contribution < 1.29 is 4.79 Å². The van der Waals surface area contributed by atoms with Gasteiger partial charge in [-0.25, -0.2) is 0 Å². The van der Waals surface area contributed by atoms with Gasteiger partial charge in [0.05, 0.1) is 5.52 Å². The second-order valence-electron chi connectivity index (χ2n) is 5.42. The zero-order valence-electron chi connectivity index (χ0n) is 12.1. The Labute approximate surface area is 118 Å². The van der Waals surface area contributed by atoms with Gasteiger partial charge in [0.2, 0.25) is 11.5 Å². The number of benzene rings is 1. The number of fused-ring (bicyclic) bond motifs is 1. The largest absolute Gasteiger partial charge is 0.326 e. The van der Waals surface area contributed by atoms with Gasteiger partial charge in [-0.1, -0.05) is 26.8 Å². The molecular formula is C16H20N2O2. The number of amides is 1. The van der Waals surface area contributed by atoms with E-state index in [1.807, 2.05) is 39.0 Å². The Kier molecular flexibility index (Phi) is 4.23. The lowest BCUT2D eigenvalue weighted by Crippen LogP contribution is -2.14. The number of carbonyl (C=O) groups excluding carboxylic acids is 1. The molecule has 0 atom stereocenters. The monoisotopic (exact) mass is 272 g/mol. The van der Waals surface area contributed by atoms with Gasteiger partial charge in [-0.15, -0.1) is 0 Å². The molecule has 0 saturated carbocycles. The third-order valence-corrected chi connectivity index (χ3v) is 3.19. The first kappa shape index (κ1) is 14.3. The molecule has 2 N–H and O–H groups in total. The van der Waals surface area contributed by atoms with Crippen LogP contribution in [0.3, 0.4) is 0 Å². The first-order valence-electron chi connectivity index (χ1n) is 6.95. The lowest BCUT2D eigenvalue weighted by atomic mass is 10.1. The molecule has 0 bridgehead atoms. The van der Waals surface area contributed by atoms with Crippen LogP contribution in [0.2, 0.25) is 0 Å². The van der Waals surface area contributed by atoms with Crippen molar-refractivity contribution in [3.05, 3.63) is 40.2 Å². The van der Waals surface area contributed by atoms with E-state index in [4.69, 9.17) is 0 Å². The third-order valence-electron chi connectivity index (χ3n) is 3.19. The summed E-state index contributed by atoms with van der Waals surface area (Å²) in [7, 11) is 0. The summed E-state index contributed by atoms with van der Waals surface area (Å²) in [5.74, 6) is 0.315. The topological polar surface area (TPSA) is 62.0 Å². The summed E-state index contributed by atoms with van der Waals surface area (Å²) in [5.41, 5.74) is 2.38. The molecule has 4 heteroatoms. The number of hydrogen-bond donors (Lipinski definition) is 2. The highest BCUT2D eigenvalue weighted by molar-refractivity contribution is 5.94. The number of aromatic nitrogens is 1. The van der Waals surface area contributed by atoms with Gasteiger partial charge in [0.15, 0.2) is 0 Å². The van der Waals surface area contributed by atoms with Gasteiger partial charge in [-0.2, -0.15) is 0 Å². The Morgan fingerprint density at radius 2 is 2.05 bits per heavy atom. The highest BCUT2D eigenvalue weighted by Crippen LogP contribution is 2.20. The van der Waals surface area contributed by atoms with Crippen LogP contribution in [0.4, 0.5) is 5.69 Å². The lowest BCUT2D eigenvalue weighted by Gasteiger charge is -2.09. The van der Waals surface area contributed by atoms with Crippen LogP contribution in [-0.2, 0) is 11.2 Å². The van der Waals surface area contributed by atoms with Gasteiger partial charge < -0.3 is 10.3 Å². The second-order valence-corrected chi connectivity index (χ2v) is 5.42. The number of carbonyl (C=O) groups is 1. The van der Waals surface area contributed by atoms with Crippen LogP contribution in [0.1, 0.15) is 32.8 Å². The fourth-order valence-electron chi connectivity index (χ4n) is 2.29. The number of nitrogens with one attached hydrogen (secondary N) is 2. The molecule has 2 aromatic rings. The first-order valence-corrected chi connectivity index (χ1v) is 6.95. The van der Waals surface area contributed by atoms with Gasteiger partial charge >= 0.3 is 0 Å². The van der Waals surface area contributed by atoms with Crippen LogP contribution in [0, 0.1) is 5.92 Å². The zero-order chi connectivity index (χ0) is 14.7. The van der Waals surface area contributed by atoms with Crippen LogP contribution in [-0.4, -0.2) is 10.9 Å². The summed E-state index contributed by atoms with van der Waals surface area (Å²) >= 11 is 0. The molecule has 4 nitrogen and oxygen atoms in total. The van der Waals surface area contributed by atoms with E-state index >= 15 is 0 Å². The van der Waals surface area contributed by atoms with E-state index in [0.717, 1.165) is 22.9 Å². The Morgan fingerprint density at radius 1 is 1.30 bits per heavy atom. The molecule has 0 unspecified atom stereocenters. The van der Waals surface area contributed by atoms with E-state index in [9.17, 15) is 9.59 Å². The van der Waals surface area contributed by atoms with Crippen LogP contribution < -0.4 is 10.9 Å². The van der Waals surface area contributed by atoms with E-state index in [2.05, 4.69) is 10.3 Å². The van der Waals surface area contributed by atoms with Crippen molar-refractivity contribution in [3.63, 3.8) is 0 Å². The number of hydrogen-bond acceptors (Lipinski definition) is 2. The van der Waals surface area contributed by atoms with Crippen molar-refractivity contribution in [2.45, 2.75) is 33.6 Å². The number of rotatable bonds is 4. The molecule has 0 aliphatic rings. The summed E-state index contributed by atoms with van der Waals surface area (Å²) in [6, 6.07) is 7.25. The van der Waals surface area contributed by atoms with E-state index < -0.39 is 0 Å². The molecule has 1 aromatic heterocycles. The molecule has 2 rings (SSSR count). The Hall–Kier alpha value is -2.10. The molecule has 0 saturated heterocycles. The minimum absolute atomic E-state index is 0.00616. The maximum atomic E-state index is 11.8. The lowest BCUT2D eigenvalue weighted by molar-refractivity contribution is -0.116. The molecule has 1 aromatic carbocycles. The predicted molar refractivity (Wildman–Crippen MR) is 82.0 cm³/mol. The van der Waals surface area contributed by atoms with Crippen molar-refractivity contribution in [2.24, 2.45) is 5.92 Å². The highest BCUT2D eigenvalue weighted by Gasteiger charge is 2.07. The summed E-state index contributed by atoms with van der Waals surface area (Å²) < 4.78 is 0. The summed E-state index contributed by atoms with van der Waals surface area (Å²) in [6.07, 6.45) is 1.29. The van der Waals surface area contributed by atoms with Crippen molar-refractivity contribution in [1.82, 2.24) is 4.98 Å². The van der Waals surface area contributed by atoms with E-state index in [-0.39, 0.29) is 11.5 Å². The van der Waals surface area contributed by atoms with Crippen LogP contribution >= 0.6 is 0 Å². The van der Waals surface area contributed by atoms with Crippen molar-refractivity contribution in [1.29, 1.82) is 0 Å². The molecule has 0 aliphatic carbocycles. The predicted octanol–water partition coefficient (Wildman–Crippen LogP) is 3.08. The fourth-order valence-corrected chi connectivity index (χ4v) is 2.29. The quantitative estimate of drug-likeness (QED) is 0.898. The number of pyridine rings is 1. The van der Waals surface area contributed by atoms with Crippen LogP contribution in [0.15, 0.2) is 29.1 Å². The number of aryl methyl sites for hydroxylation is 1. The summed E-state index contributed by atoms with van der Waals surface area (Å²) in [6.45, 7) is 6.03. The fraction of sp³-hybridized carbons (Fsp3) is 0.375. The van der Waals surface area contributed by atoms with Gasteiger partial charge in [-0.3, -0.25) is 9.59 Å². The molecule has 0 fully saturated rings. The van der Waals surface area contributed by atoms with Crippen molar-refractivity contribution in [3.8, 4) is 0 Å². The van der Waals surface area contributed by atoms with Gasteiger partial charge in [0.25, 0.3) is 0 Å². The molecule has 0 radical (unpaired) electrons. The molecular weight excluding hydrogens is 252 g/mol. The average Bonchev–Trinajstić information content (AvgIpc) is 2.36. The van der Waals surface area contributed by atoms with Crippen molar-refractivity contribution >= 4 is 22.5 Å². The second kappa shape index (κ2) is 5.90. The smallest absolute Gasteiger partial charge is 0.248 e. The first-order chi connectivity index (χ1) is 9.49.